The van der Waals surface area contributed by atoms with E-state index in [2.05, 4.69) is 5.92 Å². The first-order chi connectivity index (χ1) is 5.65. The molecule has 0 spiro atoms. The number of nitrogens with two attached hydrogens (primary N) is 2. The minimum absolute atomic E-state index is 0.417. The average Bonchev–Trinajstić information content (AvgIpc) is 2.03. The van der Waals surface area contributed by atoms with Gasteiger partial charge in [-0.3, -0.25) is 0 Å². The molecule has 0 amide bonds. The Morgan fingerprint density at radius 2 is 2.08 bits per heavy atom. The van der Waals surface area contributed by atoms with E-state index < -0.39 is 6.10 Å². The summed E-state index contributed by atoms with van der Waals surface area (Å²) in [7, 11) is 0. The number of terminal acetylenes is 1. The molecule has 0 aliphatic carbocycles. The number of nitrogen functional groups attached to an aromatic ring is 2. The summed E-state index contributed by atoms with van der Waals surface area (Å²) in [6.45, 7) is 0. The lowest BCUT2D eigenvalue weighted by atomic mass is 10.1. The first-order valence-corrected chi connectivity index (χ1v) is 3.44. The van der Waals surface area contributed by atoms with E-state index in [1.165, 1.54) is 0 Å². The molecule has 3 heteroatoms. The van der Waals surface area contributed by atoms with Crippen LogP contribution in [0.25, 0.3) is 0 Å². The molecule has 0 saturated heterocycles. The van der Waals surface area contributed by atoms with Gasteiger partial charge in [-0.2, -0.15) is 0 Å². The fourth-order valence-corrected chi connectivity index (χ4v) is 0.932. The lowest BCUT2D eigenvalue weighted by molar-refractivity contribution is 0.239. The highest BCUT2D eigenvalue weighted by molar-refractivity contribution is 5.58. The van der Waals surface area contributed by atoms with Crippen LogP contribution in [0.15, 0.2) is 18.2 Å². The van der Waals surface area contributed by atoms with Crippen molar-refractivity contribution < 1.29 is 5.11 Å². The number of aliphatic hydroxyl groups is 1. The topological polar surface area (TPSA) is 72.3 Å². The molecule has 1 atom stereocenters. The molecule has 1 aromatic carbocycles. The van der Waals surface area contributed by atoms with Gasteiger partial charge in [0.05, 0.1) is 0 Å². The molecule has 1 aromatic rings. The molecular weight excluding hydrogens is 152 g/mol. The zero-order valence-electron chi connectivity index (χ0n) is 6.49. The summed E-state index contributed by atoms with van der Waals surface area (Å²) in [5.41, 5.74) is 12.5. The van der Waals surface area contributed by atoms with Gasteiger partial charge in [-0.05, 0) is 12.1 Å². The summed E-state index contributed by atoms with van der Waals surface area (Å²) in [5.74, 6) is 2.18. The quantitative estimate of drug-likeness (QED) is 0.416. The van der Waals surface area contributed by atoms with Gasteiger partial charge < -0.3 is 16.6 Å². The summed E-state index contributed by atoms with van der Waals surface area (Å²) in [4.78, 5) is 0. The zero-order valence-corrected chi connectivity index (χ0v) is 6.49. The van der Waals surface area contributed by atoms with Crippen LogP contribution in [0.4, 0.5) is 11.4 Å². The maximum atomic E-state index is 9.24. The SMILES string of the molecule is C#CC(O)c1ccc(N)cc1N. The largest absolute Gasteiger partial charge is 0.399 e. The van der Waals surface area contributed by atoms with Crippen LogP contribution in [0.5, 0.6) is 0 Å². The van der Waals surface area contributed by atoms with Crippen molar-refractivity contribution in [2.45, 2.75) is 6.10 Å². The van der Waals surface area contributed by atoms with Crippen LogP contribution in [0.1, 0.15) is 11.7 Å². The minimum atomic E-state index is -0.953. The maximum absolute atomic E-state index is 9.24. The van der Waals surface area contributed by atoms with E-state index in [9.17, 15) is 5.11 Å². The van der Waals surface area contributed by atoms with Crippen molar-refractivity contribution in [3.8, 4) is 12.3 Å². The second kappa shape index (κ2) is 3.16. The Labute approximate surface area is 71.0 Å². The molecule has 0 saturated carbocycles. The number of anilines is 2. The standard InChI is InChI=1S/C9H10N2O/c1-2-9(12)7-4-3-6(10)5-8(7)11/h1,3-5,9,12H,10-11H2. The molecule has 0 aliphatic rings. The van der Waals surface area contributed by atoms with Crippen molar-refractivity contribution in [3.05, 3.63) is 23.8 Å². The lowest BCUT2D eigenvalue weighted by Gasteiger charge is -2.07. The van der Waals surface area contributed by atoms with Crippen LogP contribution in [0.2, 0.25) is 0 Å². The summed E-state index contributed by atoms with van der Waals surface area (Å²) in [6.07, 6.45) is 4.07. The molecule has 0 radical (unpaired) electrons. The first kappa shape index (κ1) is 8.44. The molecule has 0 heterocycles. The van der Waals surface area contributed by atoms with E-state index in [0.29, 0.717) is 16.9 Å². The molecule has 0 fully saturated rings. The highest BCUT2D eigenvalue weighted by Crippen LogP contribution is 2.21. The molecule has 0 bridgehead atoms. The lowest BCUT2D eigenvalue weighted by Crippen LogP contribution is -2.00. The van der Waals surface area contributed by atoms with Crippen molar-refractivity contribution in [1.29, 1.82) is 0 Å². The molecular formula is C9H10N2O. The predicted molar refractivity (Wildman–Crippen MR) is 49.1 cm³/mol. The second-order valence-electron chi connectivity index (χ2n) is 2.46. The number of benzene rings is 1. The number of aliphatic hydroxyl groups excluding tert-OH is 1. The van der Waals surface area contributed by atoms with Crippen LogP contribution in [-0.4, -0.2) is 5.11 Å². The van der Waals surface area contributed by atoms with Gasteiger partial charge in [-0.1, -0.05) is 12.0 Å². The van der Waals surface area contributed by atoms with Gasteiger partial charge >= 0.3 is 0 Å². The third-order valence-corrected chi connectivity index (χ3v) is 1.56. The van der Waals surface area contributed by atoms with Crippen LogP contribution in [0, 0.1) is 12.3 Å². The van der Waals surface area contributed by atoms with Gasteiger partial charge in [0.25, 0.3) is 0 Å². The van der Waals surface area contributed by atoms with Crippen molar-refractivity contribution in [1.82, 2.24) is 0 Å². The Kier molecular flexibility index (Phi) is 2.22. The van der Waals surface area contributed by atoms with E-state index in [0.717, 1.165) is 0 Å². The third-order valence-electron chi connectivity index (χ3n) is 1.56. The Morgan fingerprint density at radius 1 is 1.42 bits per heavy atom. The second-order valence-corrected chi connectivity index (χ2v) is 2.46. The molecule has 5 N–H and O–H groups in total. The van der Waals surface area contributed by atoms with Crippen molar-refractivity contribution in [2.24, 2.45) is 0 Å². The number of hydrogen-bond donors (Lipinski definition) is 3. The first-order valence-electron chi connectivity index (χ1n) is 3.44. The van der Waals surface area contributed by atoms with Gasteiger partial charge in [0.15, 0.2) is 0 Å². The van der Waals surface area contributed by atoms with Crippen LogP contribution in [0.3, 0.4) is 0 Å². The molecule has 1 rings (SSSR count). The molecule has 12 heavy (non-hydrogen) atoms. The van der Waals surface area contributed by atoms with Crippen LogP contribution in [-0.2, 0) is 0 Å². The van der Waals surface area contributed by atoms with Gasteiger partial charge in [-0.15, -0.1) is 6.42 Å². The van der Waals surface area contributed by atoms with E-state index in [-0.39, 0.29) is 0 Å². The third kappa shape index (κ3) is 1.49. The Morgan fingerprint density at radius 3 is 2.58 bits per heavy atom. The molecule has 0 aliphatic heterocycles. The van der Waals surface area contributed by atoms with Gasteiger partial charge in [0, 0.05) is 16.9 Å². The van der Waals surface area contributed by atoms with Crippen LogP contribution >= 0.6 is 0 Å². The van der Waals surface area contributed by atoms with E-state index in [4.69, 9.17) is 17.9 Å². The Bertz CT molecular complexity index is 328. The maximum Gasteiger partial charge on any atom is 0.141 e. The summed E-state index contributed by atoms with van der Waals surface area (Å²) < 4.78 is 0. The highest BCUT2D eigenvalue weighted by Gasteiger charge is 2.06. The Hall–Kier alpha value is -1.66. The number of rotatable bonds is 1. The van der Waals surface area contributed by atoms with Crippen molar-refractivity contribution in [3.63, 3.8) is 0 Å². The average molecular weight is 162 g/mol. The van der Waals surface area contributed by atoms with E-state index in [1.807, 2.05) is 0 Å². The summed E-state index contributed by atoms with van der Waals surface area (Å²) >= 11 is 0. The molecule has 1 unspecified atom stereocenters. The van der Waals surface area contributed by atoms with Crippen molar-refractivity contribution in [2.75, 3.05) is 11.5 Å². The number of hydrogen-bond acceptors (Lipinski definition) is 3. The van der Waals surface area contributed by atoms with E-state index in [1.54, 1.807) is 18.2 Å². The fourth-order valence-electron chi connectivity index (χ4n) is 0.932. The smallest absolute Gasteiger partial charge is 0.141 e. The summed E-state index contributed by atoms with van der Waals surface area (Å²) in [6, 6.07) is 4.83. The van der Waals surface area contributed by atoms with E-state index >= 15 is 0 Å². The monoisotopic (exact) mass is 162 g/mol. The molecule has 3 nitrogen and oxygen atoms in total. The van der Waals surface area contributed by atoms with Crippen molar-refractivity contribution >= 4 is 11.4 Å². The normalized spacial score (nSPS) is 12.0. The minimum Gasteiger partial charge on any atom is -0.399 e. The summed E-state index contributed by atoms with van der Waals surface area (Å²) in [5, 5.41) is 9.24. The van der Waals surface area contributed by atoms with Gasteiger partial charge in [0.2, 0.25) is 0 Å². The fraction of sp³-hybridized carbons (Fsp3) is 0.111. The molecule has 62 valence electrons. The molecule has 0 aromatic heterocycles. The Balaban J connectivity index is 3.11. The predicted octanol–water partition coefficient (Wildman–Crippen LogP) is 0.518. The van der Waals surface area contributed by atoms with Gasteiger partial charge in [0.1, 0.15) is 6.10 Å². The highest BCUT2D eigenvalue weighted by atomic mass is 16.3. The zero-order chi connectivity index (χ0) is 9.14. The van der Waals surface area contributed by atoms with Crippen LogP contribution < -0.4 is 11.5 Å². The van der Waals surface area contributed by atoms with Gasteiger partial charge in [-0.25, -0.2) is 0 Å².